The summed E-state index contributed by atoms with van der Waals surface area (Å²) in [5, 5.41) is 6.36. The van der Waals surface area contributed by atoms with Gasteiger partial charge in [0, 0.05) is 4.88 Å². The van der Waals surface area contributed by atoms with Crippen LogP contribution in [-0.2, 0) is 19.0 Å². The number of carbonyl (C=O) groups excluding carboxylic acids is 1. The third kappa shape index (κ3) is 3.83. The number of hydrogen-bond donors (Lipinski definition) is 1. The van der Waals surface area contributed by atoms with Gasteiger partial charge in [0.25, 0.3) is 5.91 Å². The van der Waals surface area contributed by atoms with Gasteiger partial charge in [0.05, 0.1) is 17.5 Å². The van der Waals surface area contributed by atoms with E-state index in [1.165, 1.54) is 23.5 Å². The molecule has 0 radical (unpaired) electrons. The minimum absolute atomic E-state index is 0.258. The predicted molar refractivity (Wildman–Crippen MR) is 104 cm³/mol. The number of nitrogens with zero attached hydrogens (tertiary/aromatic N) is 3. The molecule has 1 N–H and O–H groups in total. The molecule has 158 valence electrons. The van der Waals surface area contributed by atoms with Gasteiger partial charge in [-0.15, -0.1) is 11.3 Å². The van der Waals surface area contributed by atoms with Gasteiger partial charge in [0.1, 0.15) is 11.5 Å². The van der Waals surface area contributed by atoms with E-state index in [1.54, 1.807) is 0 Å². The van der Waals surface area contributed by atoms with E-state index in [0.29, 0.717) is 10.6 Å². The average molecular weight is 438 g/mol. The van der Waals surface area contributed by atoms with Crippen LogP contribution in [0.1, 0.15) is 46.4 Å². The van der Waals surface area contributed by atoms with E-state index in [2.05, 4.69) is 22.3 Å². The summed E-state index contributed by atoms with van der Waals surface area (Å²) in [5.74, 6) is -1.31. The van der Waals surface area contributed by atoms with Crippen LogP contribution in [-0.4, -0.2) is 20.7 Å². The summed E-state index contributed by atoms with van der Waals surface area (Å²) < 4.78 is 55.7. The first-order valence-electron chi connectivity index (χ1n) is 9.48. The molecule has 1 aliphatic carbocycles. The van der Waals surface area contributed by atoms with Gasteiger partial charge in [0.2, 0.25) is 0 Å². The lowest BCUT2D eigenvalue weighted by molar-refractivity contribution is -0.143. The zero-order chi connectivity index (χ0) is 21.5. The van der Waals surface area contributed by atoms with E-state index in [4.69, 9.17) is 0 Å². The first-order valence-corrected chi connectivity index (χ1v) is 10.3. The van der Waals surface area contributed by atoms with E-state index < -0.39 is 29.2 Å². The Morgan fingerprint density at radius 2 is 2.10 bits per heavy atom. The number of amides is 1. The number of nitrogens with one attached hydrogen (secondary N) is 1. The predicted octanol–water partition coefficient (Wildman–Crippen LogP) is 5.25. The Labute approximate surface area is 173 Å². The molecule has 30 heavy (non-hydrogen) atoms. The molecule has 0 bridgehead atoms. The Bertz CT molecular complexity index is 1090. The average Bonchev–Trinajstić information content (AvgIpc) is 3.31. The lowest BCUT2D eigenvalue weighted by Gasteiger charge is -2.18. The summed E-state index contributed by atoms with van der Waals surface area (Å²) in [5.41, 5.74) is -1.53. The number of hydrogen-bond acceptors (Lipinski definition) is 4. The molecular formula is C20H18F4N4OS. The van der Waals surface area contributed by atoms with Crippen molar-refractivity contribution < 1.29 is 22.4 Å². The number of fused-ring (bicyclic) bond motifs is 1. The molecular weight excluding hydrogens is 420 g/mol. The molecule has 1 amide bonds. The molecule has 0 aliphatic heterocycles. The summed E-state index contributed by atoms with van der Waals surface area (Å²) in [7, 11) is 0. The Morgan fingerprint density at radius 3 is 2.80 bits per heavy atom. The first-order chi connectivity index (χ1) is 14.3. The van der Waals surface area contributed by atoms with Crippen LogP contribution in [0.4, 0.5) is 22.7 Å². The van der Waals surface area contributed by atoms with Crippen LogP contribution in [0.25, 0.3) is 5.69 Å². The number of carbonyl (C=O) groups is 1. The number of rotatable bonds is 4. The molecule has 10 heteroatoms. The summed E-state index contributed by atoms with van der Waals surface area (Å²) in [6.45, 7) is 2.12. The number of aryl methyl sites for hydroxylation is 1. The number of benzene rings is 1. The molecule has 0 spiro atoms. The van der Waals surface area contributed by atoms with Gasteiger partial charge in [-0.25, -0.2) is 14.1 Å². The summed E-state index contributed by atoms with van der Waals surface area (Å²) in [6.07, 6.45) is -0.414. The Hall–Kier alpha value is -2.75. The third-order valence-corrected chi connectivity index (χ3v) is 6.24. The van der Waals surface area contributed by atoms with Gasteiger partial charge >= 0.3 is 6.18 Å². The van der Waals surface area contributed by atoms with Gasteiger partial charge in [-0.2, -0.15) is 18.3 Å². The molecule has 5 nitrogen and oxygen atoms in total. The number of para-hydroxylation sites is 1. The summed E-state index contributed by atoms with van der Waals surface area (Å²) in [6, 6.07) is 4.94. The van der Waals surface area contributed by atoms with Crippen LogP contribution >= 0.6 is 11.3 Å². The van der Waals surface area contributed by atoms with Gasteiger partial charge in [-0.3, -0.25) is 10.1 Å². The van der Waals surface area contributed by atoms with Crippen molar-refractivity contribution in [1.82, 2.24) is 14.8 Å². The number of anilines is 1. The fourth-order valence-electron chi connectivity index (χ4n) is 3.60. The second-order valence-electron chi connectivity index (χ2n) is 7.13. The molecule has 1 aliphatic rings. The van der Waals surface area contributed by atoms with E-state index >= 15 is 0 Å². The van der Waals surface area contributed by atoms with Gasteiger partial charge in [-0.1, -0.05) is 25.5 Å². The van der Waals surface area contributed by atoms with E-state index in [-0.39, 0.29) is 10.8 Å². The van der Waals surface area contributed by atoms with Crippen molar-refractivity contribution in [2.75, 3.05) is 5.32 Å². The molecule has 1 unspecified atom stereocenters. The number of alkyl halides is 3. The SMILES string of the molecule is CCC1CCc2nc(NC(=O)c3cnn(-c4ccccc4F)c3C(F)(F)F)sc2C1. The van der Waals surface area contributed by atoms with Crippen LogP contribution in [0, 0.1) is 11.7 Å². The molecule has 0 saturated carbocycles. The van der Waals surface area contributed by atoms with E-state index in [1.807, 2.05) is 0 Å². The van der Waals surface area contributed by atoms with Gasteiger partial charge in [0.15, 0.2) is 10.8 Å². The van der Waals surface area contributed by atoms with Crippen LogP contribution in [0.15, 0.2) is 30.5 Å². The lowest BCUT2D eigenvalue weighted by atomic mass is 9.89. The van der Waals surface area contributed by atoms with Crippen LogP contribution < -0.4 is 5.32 Å². The zero-order valence-electron chi connectivity index (χ0n) is 16.0. The maximum Gasteiger partial charge on any atom is 0.434 e. The summed E-state index contributed by atoms with van der Waals surface area (Å²) in [4.78, 5) is 18.1. The fraction of sp³-hybridized carbons (Fsp3) is 0.350. The number of aromatic nitrogens is 3. The van der Waals surface area contributed by atoms with Crippen molar-refractivity contribution in [2.45, 2.75) is 38.8 Å². The monoisotopic (exact) mass is 438 g/mol. The lowest BCUT2D eigenvalue weighted by Crippen LogP contribution is -2.21. The van der Waals surface area contributed by atoms with Crippen molar-refractivity contribution in [3.05, 3.63) is 58.1 Å². The smallest absolute Gasteiger partial charge is 0.298 e. The largest absolute Gasteiger partial charge is 0.434 e. The van der Waals surface area contributed by atoms with Crippen molar-refractivity contribution in [3.63, 3.8) is 0 Å². The van der Waals surface area contributed by atoms with Crippen molar-refractivity contribution in [1.29, 1.82) is 0 Å². The highest BCUT2D eigenvalue weighted by Gasteiger charge is 2.41. The Kier molecular flexibility index (Phi) is 5.35. The zero-order valence-corrected chi connectivity index (χ0v) is 16.8. The molecule has 1 atom stereocenters. The van der Waals surface area contributed by atoms with Crippen LogP contribution in [0.2, 0.25) is 0 Å². The quantitative estimate of drug-likeness (QED) is 0.566. The number of thiazole rings is 1. The molecule has 2 aromatic heterocycles. The normalized spacial score (nSPS) is 16.4. The van der Waals surface area contributed by atoms with Crippen molar-refractivity contribution in [3.8, 4) is 5.69 Å². The van der Waals surface area contributed by atoms with Crippen LogP contribution in [0.5, 0.6) is 0 Å². The molecule has 0 saturated heterocycles. The van der Waals surface area contributed by atoms with E-state index in [9.17, 15) is 22.4 Å². The number of halogens is 4. The fourth-order valence-corrected chi connectivity index (χ4v) is 4.72. The van der Waals surface area contributed by atoms with Gasteiger partial charge in [-0.05, 0) is 37.3 Å². The summed E-state index contributed by atoms with van der Waals surface area (Å²) >= 11 is 1.28. The third-order valence-electron chi connectivity index (χ3n) is 5.20. The Balaban J connectivity index is 1.66. The Morgan fingerprint density at radius 1 is 1.33 bits per heavy atom. The molecule has 2 heterocycles. The highest BCUT2D eigenvalue weighted by molar-refractivity contribution is 7.15. The first kappa shape index (κ1) is 20.5. The maximum atomic E-state index is 14.1. The molecule has 4 rings (SSSR count). The van der Waals surface area contributed by atoms with Crippen molar-refractivity contribution >= 4 is 22.4 Å². The standard InChI is InChI=1S/C20H18F4N4OS/c1-2-11-7-8-14-16(9-11)30-19(26-14)27-18(29)12-10-25-28(17(12)20(22,23)24)15-6-4-3-5-13(15)21/h3-6,10-11H,2,7-9H2,1H3,(H,26,27,29). The minimum Gasteiger partial charge on any atom is -0.298 e. The molecule has 0 fully saturated rings. The second kappa shape index (κ2) is 7.82. The molecule has 3 aromatic rings. The van der Waals surface area contributed by atoms with Crippen molar-refractivity contribution in [2.24, 2.45) is 5.92 Å². The molecule has 1 aromatic carbocycles. The highest BCUT2D eigenvalue weighted by Crippen LogP contribution is 2.36. The minimum atomic E-state index is -4.91. The van der Waals surface area contributed by atoms with Crippen LogP contribution in [0.3, 0.4) is 0 Å². The topological polar surface area (TPSA) is 59.8 Å². The maximum absolute atomic E-state index is 14.1. The highest BCUT2D eigenvalue weighted by atomic mass is 32.1. The second-order valence-corrected chi connectivity index (χ2v) is 8.21. The van der Waals surface area contributed by atoms with Gasteiger partial charge < -0.3 is 0 Å². The van der Waals surface area contributed by atoms with E-state index in [0.717, 1.165) is 54.6 Å².